The summed E-state index contributed by atoms with van der Waals surface area (Å²) in [5.41, 5.74) is 4.23. The van der Waals surface area contributed by atoms with Crippen LogP contribution in [0.1, 0.15) is 11.1 Å². The summed E-state index contributed by atoms with van der Waals surface area (Å²) in [7, 11) is 0. The first-order valence-electron chi connectivity index (χ1n) is 8.92. The molecule has 0 radical (unpaired) electrons. The van der Waals surface area contributed by atoms with Crippen LogP contribution in [-0.2, 0) is 11.3 Å². The average Bonchev–Trinajstić information content (AvgIpc) is 3.20. The number of pyridine rings is 1. The molecule has 28 heavy (non-hydrogen) atoms. The Morgan fingerprint density at radius 1 is 1.07 bits per heavy atom. The van der Waals surface area contributed by atoms with E-state index in [1.807, 2.05) is 42.7 Å². The van der Waals surface area contributed by atoms with E-state index in [-0.39, 0.29) is 18.3 Å². The van der Waals surface area contributed by atoms with E-state index in [4.69, 9.17) is 0 Å². The molecule has 0 fully saturated rings. The van der Waals surface area contributed by atoms with E-state index in [1.165, 1.54) is 12.1 Å². The molecule has 0 atom stereocenters. The number of aromatic nitrogens is 2. The van der Waals surface area contributed by atoms with E-state index in [0.29, 0.717) is 5.56 Å². The normalized spacial score (nSPS) is 11.2. The minimum Gasteiger partial charge on any atom is -0.348 e. The van der Waals surface area contributed by atoms with Crippen LogP contribution in [0, 0.1) is 5.82 Å². The first-order chi connectivity index (χ1) is 13.7. The van der Waals surface area contributed by atoms with Gasteiger partial charge in [0.25, 0.3) is 0 Å². The highest BCUT2D eigenvalue weighted by molar-refractivity contribution is 5.92. The summed E-state index contributed by atoms with van der Waals surface area (Å²) in [6.07, 6.45) is 6.87. The van der Waals surface area contributed by atoms with Gasteiger partial charge in [0.1, 0.15) is 11.5 Å². The molecule has 2 N–H and O–H groups in total. The first kappa shape index (κ1) is 17.7. The number of hydrogen-bond acceptors (Lipinski definition) is 2. The fourth-order valence-electron chi connectivity index (χ4n) is 2.97. The summed E-state index contributed by atoms with van der Waals surface area (Å²) in [6.45, 7) is 0.151. The van der Waals surface area contributed by atoms with Crippen LogP contribution in [0.15, 0.2) is 79.1 Å². The zero-order valence-corrected chi connectivity index (χ0v) is 15.0. The molecule has 0 unspecified atom stereocenters. The summed E-state index contributed by atoms with van der Waals surface area (Å²) in [5.74, 6) is -0.600. The van der Waals surface area contributed by atoms with Crippen molar-refractivity contribution in [3.05, 3.63) is 96.1 Å². The van der Waals surface area contributed by atoms with Crippen LogP contribution < -0.4 is 5.32 Å². The van der Waals surface area contributed by atoms with Crippen molar-refractivity contribution in [2.75, 3.05) is 0 Å². The Hall–Kier alpha value is -3.73. The van der Waals surface area contributed by atoms with Gasteiger partial charge in [-0.3, -0.25) is 4.79 Å². The summed E-state index contributed by atoms with van der Waals surface area (Å²) >= 11 is 0. The molecular formula is C23H18FN3O. The predicted octanol–water partition coefficient (Wildman–Crippen LogP) is 4.70. The molecule has 5 heteroatoms. The number of benzene rings is 2. The van der Waals surface area contributed by atoms with Crippen molar-refractivity contribution in [2.45, 2.75) is 6.54 Å². The monoisotopic (exact) mass is 371 g/mol. The number of halogens is 1. The van der Waals surface area contributed by atoms with Gasteiger partial charge in [-0.25, -0.2) is 9.37 Å². The van der Waals surface area contributed by atoms with Crippen molar-refractivity contribution in [3.8, 4) is 11.1 Å². The van der Waals surface area contributed by atoms with Crippen LogP contribution in [0.25, 0.3) is 28.2 Å². The molecule has 4 aromatic rings. The quantitative estimate of drug-likeness (QED) is 0.500. The molecule has 1 amide bonds. The van der Waals surface area contributed by atoms with Gasteiger partial charge in [0.05, 0.1) is 0 Å². The molecule has 2 heterocycles. The molecular weight excluding hydrogens is 353 g/mol. The number of amides is 1. The third-order valence-corrected chi connectivity index (χ3v) is 4.46. The minimum absolute atomic E-state index is 0.151. The van der Waals surface area contributed by atoms with E-state index < -0.39 is 0 Å². The summed E-state index contributed by atoms with van der Waals surface area (Å²) < 4.78 is 13.6. The molecule has 0 saturated heterocycles. The van der Waals surface area contributed by atoms with Crippen LogP contribution in [0.2, 0.25) is 0 Å². The lowest BCUT2D eigenvalue weighted by atomic mass is 10.0. The highest BCUT2D eigenvalue weighted by atomic mass is 19.1. The number of nitrogens with zero attached hydrogens (tertiary/aromatic N) is 1. The maximum atomic E-state index is 13.6. The largest absolute Gasteiger partial charge is 0.348 e. The lowest BCUT2D eigenvalue weighted by Crippen LogP contribution is -2.20. The SMILES string of the molecule is O=C(C=Cc1cccc(-c2cnc3[nH]ccc3c2)c1)NCc1ccccc1F. The summed E-state index contributed by atoms with van der Waals surface area (Å²) in [4.78, 5) is 19.5. The molecule has 4 rings (SSSR count). The lowest BCUT2D eigenvalue weighted by Gasteiger charge is -2.04. The van der Waals surface area contributed by atoms with Crippen molar-refractivity contribution in [2.24, 2.45) is 0 Å². The van der Waals surface area contributed by atoms with Crippen molar-refractivity contribution >= 4 is 23.0 Å². The van der Waals surface area contributed by atoms with Gasteiger partial charge in [0.15, 0.2) is 0 Å². The smallest absolute Gasteiger partial charge is 0.244 e. The number of H-pyrrole nitrogens is 1. The van der Waals surface area contributed by atoms with Gasteiger partial charge < -0.3 is 10.3 Å². The number of carbonyl (C=O) groups is 1. The van der Waals surface area contributed by atoms with Gasteiger partial charge in [-0.05, 0) is 41.5 Å². The summed E-state index contributed by atoms with van der Waals surface area (Å²) in [5, 5.41) is 3.74. The van der Waals surface area contributed by atoms with E-state index in [2.05, 4.69) is 21.4 Å². The third kappa shape index (κ3) is 3.99. The predicted molar refractivity (Wildman–Crippen MR) is 109 cm³/mol. The Labute approximate surface area is 161 Å². The zero-order chi connectivity index (χ0) is 19.3. The number of nitrogens with one attached hydrogen (secondary N) is 2. The topological polar surface area (TPSA) is 57.8 Å². The molecule has 0 saturated carbocycles. The fourth-order valence-corrected chi connectivity index (χ4v) is 2.97. The number of fused-ring (bicyclic) bond motifs is 1. The lowest BCUT2D eigenvalue weighted by molar-refractivity contribution is -0.116. The van der Waals surface area contributed by atoms with Crippen LogP contribution in [0.3, 0.4) is 0 Å². The zero-order valence-electron chi connectivity index (χ0n) is 15.0. The van der Waals surface area contributed by atoms with E-state index in [1.54, 1.807) is 24.3 Å². The van der Waals surface area contributed by atoms with Gasteiger partial charge in [-0.2, -0.15) is 0 Å². The number of carbonyl (C=O) groups excluding carboxylic acids is 1. The Bertz CT molecular complexity index is 1160. The molecule has 0 bridgehead atoms. The Kier molecular flexibility index (Phi) is 4.97. The maximum Gasteiger partial charge on any atom is 0.244 e. The van der Waals surface area contributed by atoms with Crippen LogP contribution in [-0.4, -0.2) is 15.9 Å². The molecule has 2 aromatic carbocycles. The summed E-state index contributed by atoms with van der Waals surface area (Å²) in [6, 6.07) is 18.3. The second-order valence-corrected chi connectivity index (χ2v) is 6.41. The van der Waals surface area contributed by atoms with Crippen molar-refractivity contribution < 1.29 is 9.18 Å². The van der Waals surface area contributed by atoms with Crippen molar-refractivity contribution in [3.63, 3.8) is 0 Å². The van der Waals surface area contributed by atoms with E-state index >= 15 is 0 Å². The number of hydrogen-bond donors (Lipinski definition) is 2. The van der Waals surface area contributed by atoms with Crippen molar-refractivity contribution in [1.29, 1.82) is 0 Å². The van der Waals surface area contributed by atoms with Gasteiger partial charge in [0.2, 0.25) is 5.91 Å². The Morgan fingerprint density at radius 2 is 1.96 bits per heavy atom. The molecule has 0 aliphatic rings. The van der Waals surface area contributed by atoms with Gasteiger partial charge in [-0.1, -0.05) is 36.4 Å². The van der Waals surface area contributed by atoms with Crippen molar-refractivity contribution in [1.82, 2.24) is 15.3 Å². The highest BCUT2D eigenvalue weighted by Gasteiger charge is 2.04. The molecule has 0 aliphatic heterocycles. The second-order valence-electron chi connectivity index (χ2n) is 6.41. The van der Waals surface area contributed by atoms with Crippen LogP contribution >= 0.6 is 0 Å². The number of rotatable bonds is 5. The Balaban J connectivity index is 1.45. The fraction of sp³-hybridized carbons (Fsp3) is 0.0435. The van der Waals surface area contributed by atoms with E-state index in [0.717, 1.165) is 27.7 Å². The molecule has 0 aliphatic carbocycles. The van der Waals surface area contributed by atoms with Crippen LogP contribution in [0.4, 0.5) is 4.39 Å². The molecule has 2 aromatic heterocycles. The standard InChI is InChI=1S/C23H18FN3O/c24-21-7-2-1-5-19(21)14-26-22(28)9-8-16-4-3-6-17(12-16)20-13-18-10-11-25-23(18)27-15-20/h1-13,15H,14H2,(H,25,27)(H,26,28). The minimum atomic E-state index is -0.326. The van der Waals surface area contributed by atoms with Gasteiger partial charge in [-0.15, -0.1) is 0 Å². The highest BCUT2D eigenvalue weighted by Crippen LogP contribution is 2.23. The second kappa shape index (κ2) is 7.88. The third-order valence-electron chi connectivity index (χ3n) is 4.46. The average molecular weight is 371 g/mol. The maximum absolute atomic E-state index is 13.6. The molecule has 4 nitrogen and oxygen atoms in total. The number of aromatic amines is 1. The van der Waals surface area contributed by atoms with Gasteiger partial charge in [0, 0.05) is 41.5 Å². The van der Waals surface area contributed by atoms with Crippen LogP contribution in [0.5, 0.6) is 0 Å². The van der Waals surface area contributed by atoms with E-state index in [9.17, 15) is 9.18 Å². The first-order valence-corrected chi connectivity index (χ1v) is 8.92. The molecule has 138 valence electrons. The molecule has 0 spiro atoms. The van der Waals surface area contributed by atoms with Gasteiger partial charge >= 0.3 is 0 Å². The Morgan fingerprint density at radius 3 is 2.86 bits per heavy atom.